The minimum atomic E-state index is -0.331. The molecule has 5 nitrogen and oxygen atoms in total. The fourth-order valence-electron chi connectivity index (χ4n) is 4.63. The molecule has 4 aromatic rings. The van der Waals surface area contributed by atoms with Crippen molar-refractivity contribution in [3.05, 3.63) is 66.5 Å². The second-order valence-corrected chi connectivity index (χ2v) is 8.90. The summed E-state index contributed by atoms with van der Waals surface area (Å²) in [5.74, 6) is 0.246. The summed E-state index contributed by atoms with van der Waals surface area (Å²) in [5.41, 5.74) is 2.47. The van der Waals surface area contributed by atoms with Crippen molar-refractivity contribution in [1.82, 2.24) is 9.27 Å². The Morgan fingerprint density at radius 2 is 1.88 bits per heavy atom. The summed E-state index contributed by atoms with van der Waals surface area (Å²) in [6, 6.07) is 13.8. The molecule has 0 aliphatic carbocycles. The van der Waals surface area contributed by atoms with Gasteiger partial charge in [0.05, 0.1) is 7.11 Å². The quantitative estimate of drug-likeness (QED) is 0.382. The van der Waals surface area contributed by atoms with E-state index in [1.54, 1.807) is 12.0 Å². The number of benzene rings is 3. The topological polar surface area (TPSA) is 45.7 Å². The molecule has 0 unspecified atom stereocenters. The van der Waals surface area contributed by atoms with E-state index in [2.05, 4.69) is 15.9 Å². The number of aromatic nitrogens is 1. The van der Waals surface area contributed by atoms with Gasteiger partial charge < -0.3 is 14.5 Å². The van der Waals surface area contributed by atoms with Crippen LogP contribution < -0.4 is 9.64 Å². The van der Waals surface area contributed by atoms with Gasteiger partial charge in [-0.05, 0) is 53.0 Å². The highest BCUT2D eigenvalue weighted by Crippen LogP contribution is 2.44. The maximum absolute atomic E-state index is 16.1. The van der Waals surface area contributed by atoms with Crippen molar-refractivity contribution in [3.8, 4) is 16.9 Å². The maximum Gasteiger partial charge on any atom is 0.246 e. The molecule has 3 aromatic carbocycles. The Hall–Kier alpha value is -3.45. The standard InChI is InChI=1S/C26H24FN3O2S/c1-4-21(31)29-11-13-30(14-12-29)26-19-15-16(2)22(24(27)25(19)28-33-26)23-18-8-6-5-7-17(18)9-10-20(23)32-3/h4-10,15H,1,11-14H2,2-3H3. The van der Waals surface area contributed by atoms with Crippen LogP contribution in [-0.2, 0) is 4.79 Å². The van der Waals surface area contributed by atoms with Gasteiger partial charge >= 0.3 is 0 Å². The Bertz CT molecular complexity index is 1390. The number of hydrogen-bond acceptors (Lipinski definition) is 5. The van der Waals surface area contributed by atoms with Crippen molar-refractivity contribution in [2.45, 2.75) is 6.92 Å². The molecule has 1 fully saturated rings. The average Bonchev–Trinajstić information content (AvgIpc) is 3.27. The zero-order valence-corrected chi connectivity index (χ0v) is 19.4. The molecular weight excluding hydrogens is 437 g/mol. The number of amides is 1. The summed E-state index contributed by atoms with van der Waals surface area (Å²) in [7, 11) is 1.61. The monoisotopic (exact) mass is 461 g/mol. The molecular formula is C26H24FN3O2S. The molecule has 1 amide bonds. The Kier molecular flexibility index (Phi) is 5.50. The number of ether oxygens (including phenoxy) is 1. The molecule has 7 heteroatoms. The van der Waals surface area contributed by atoms with Crippen LogP contribution in [0.4, 0.5) is 9.39 Å². The lowest BCUT2D eigenvalue weighted by Crippen LogP contribution is -2.48. The van der Waals surface area contributed by atoms with Gasteiger partial charge in [0.15, 0.2) is 5.82 Å². The number of hydrogen-bond donors (Lipinski definition) is 0. The third-order valence-electron chi connectivity index (χ3n) is 6.31. The van der Waals surface area contributed by atoms with Crippen molar-refractivity contribution in [2.75, 3.05) is 38.2 Å². The summed E-state index contributed by atoms with van der Waals surface area (Å²) < 4.78 is 26.2. The fraction of sp³-hybridized carbons (Fsp3) is 0.231. The minimum Gasteiger partial charge on any atom is -0.496 e. The molecule has 0 saturated carbocycles. The van der Waals surface area contributed by atoms with E-state index in [1.807, 2.05) is 49.4 Å². The number of halogens is 1. The van der Waals surface area contributed by atoms with Crippen LogP contribution in [0.15, 0.2) is 55.1 Å². The number of nitrogens with zero attached hydrogens (tertiary/aromatic N) is 3. The summed E-state index contributed by atoms with van der Waals surface area (Å²) in [6.45, 7) is 8.07. The van der Waals surface area contributed by atoms with Crippen LogP contribution in [0.5, 0.6) is 5.75 Å². The van der Waals surface area contributed by atoms with E-state index >= 15 is 4.39 Å². The van der Waals surface area contributed by atoms with Crippen LogP contribution in [0.25, 0.3) is 32.8 Å². The van der Waals surface area contributed by atoms with Crippen molar-refractivity contribution in [2.24, 2.45) is 0 Å². The van der Waals surface area contributed by atoms with Gasteiger partial charge in [0.25, 0.3) is 0 Å². The van der Waals surface area contributed by atoms with Crippen molar-refractivity contribution in [3.63, 3.8) is 0 Å². The molecule has 33 heavy (non-hydrogen) atoms. The van der Waals surface area contributed by atoms with E-state index in [4.69, 9.17) is 4.74 Å². The lowest BCUT2D eigenvalue weighted by atomic mass is 9.92. The SMILES string of the molecule is C=CC(=O)N1CCN(c2snc3c(F)c(-c4c(OC)ccc5ccccc45)c(C)cc23)CC1. The predicted molar refractivity (Wildman–Crippen MR) is 133 cm³/mol. The van der Waals surface area contributed by atoms with E-state index in [0.29, 0.717) is 43.0 Å². The minimum absolute atomic E-state index is 0.0561. The lowest BCUT2D eigenvalue weighted by Gasteiger charge is -2.34. The van der Waals surface area contributed by atoms with Gasteiger partial charge in [0.2, 0.25) is 5.91 Å². The number of carbonyl (C=O) groups is 1. The van der Waals surface area contributed by atoms with Gasteiger partial charge in [0, 0.05) is 42.7 Å². The smallest absolute Gasteiger partial charge is 0.246 e. The highest BCUT2D eigenvalue weighted by molar-refractivity contribution is 7.11. The maximum atomic E-state index is 16.1. The Morgan fingerprint density at radius 3 is 2.61 bits per heavy atom. The average molecular weight is 462 g/mol. The van der Waals surface area contributed by atoms with Crippen LogP contribution in [0.2, 0.25) is 0 Å². The second-order valence-electron chi connectivity index (χ2n) is 8.15. The molecule has 0 spiro atoms. The molecule has 1 aliphatic heterocycles. The number of carbonyl (C=O) groups excluding carboxylic acids is 1. The number of rotatable bonds is 4. The predicted octanol–water partition coefficient (Wildman–Crippen LogP) is 5.41. The first-order valence-corrected chi connectivity index (χ1v) is 11.6. The van der Waals surface area contributed by atoms with E-state index in [1.165, 1.54) is 17.6 Å². The van der Waals surface area contributed by atoms with Gasteiger partial charge in [-0.15, -0.1) is 0 Å². The van der Waals surface area contributed by atoms with Crippen LogP contribution in [0.3, 0.4) is 0 Å². The van der Waals surface area contributed by atoms with Crippen molar-refractivity contribution >= 4 is 44.1 Å². The van der Waals surface area contributed by atoms with Gasteiger partial charge in [-0.3, -0.25) is 4.79 Å². The fourth-order valence-corrected chi connectivity index (χ4v) is 5.54. The summed E-state index contributed by atoms with van der Waals surface area (Å²) in [4.78, 5) is 15.9. The Morgan fingerprint density at radius 1 is 1.12 bits per heavy atom. The largest absolute Gasteiger partial charge is 0.496 e. The molecule has 0 atom stereocenters. The van der Waals surface area contributed by atoms with Crippen LogP contribution in [0.1, 0.15) is 5.56 Å². The van der Waals surface area contributed by atoms with E-state index < -0.39 is 0 Å². The third kappa shape index (κ3) is 3.53. The second kappa shape index (κ2) is 8.48. The number of piperazine rings is 1. The summed E-state index contributed by atoms with van der Waals surface area (Å²) >= 11 is 1.31. The van der Waals surface area contributed by atoms with Crippen LogP contribution in [0, 0.1) is 12.7 Å². The van der Waals surface area contributed by atoms with Crippen LogP contribution >= 0.6 is 11.5 Å². The van der Waals surface area contributed by atoms with Crippen molar-refractivity contribution in [1.29, 1.82) is 0 Å². The number of anilines is 1. The normalized spacial score (nSPS) is 14.2. The van der Waals surface area contributed by atoms with E-state index in [9.17, 15) is 4.79 Å². The summed E-state index contributed by atoms with van der Waals surface area (Å²) in [6.07, 6.45) is 1.35. The van der Waals surface area contributed by atoms with E-state index in [0.717, 1.165) is 32.3 Å². The highest BCUT2D eigenvalue weighted by Gasteiger charge is 2.26. The molecule has 5 rings (SSSR count). The van der Waals surface area contributed by atoms with E-state index in [-0.39, 0.29) is 11.7 Å². The molecule has 1 aliphatic rings. The first-order chi connectivity index (χ1) is 16.0. The number of methoxy groups -OCH3 is 1. The first-order valence-electron chi connectivity index (χ1n) is 10.8. The summed E-state index contributed by atoms with van der Waals surface area (Å²) in [5, 5.41) is 3.71. The van der Waals surface area contributed by atoms with Gasteiger partial charge in [0.1, 0.15) is 16.3 Å². The number of fused-ring (bicyclic) bond motifs is 2. The highest BCUT2D eigenvalue weighted by atomic mass is 32.1. The Balaban J connectivity index is 1.61. The molecule has 1 aromatic heterocycles. The van der Waals surface area contributed by atoms with Crippen molar-refractivity contribution < 1.29 is 13.9 Å². The van der Waals surface area contributed by atoms with Gasteiger partial charge in [-0.2, -0.15) is 4.37 Å². The Labute approximate surface area is 195 Å². The molecule has 2 heterocycles. The third-order valence-corrected chi connectivity index (χ3v) is 7.23. The van der Waals surface area contributed by atoms with Crippen LogP contribution in [-0.4, -0.2) is 48.5 Å². The molecule has 168 valence electrons. The molecule has 0 N–H and O–H groups in total. The number of aryl methyl sites for hydroxylation is 1. The van der Waals surface area contributed by atoms with Gasteiger partial charge in [-0.25, -0.2) is 4.39 Å². The zero-order valence-electron chi connectivity index (χ0n) is 18.6. The zero-order chi connectivity index (χ0) is 23.1. The van der Waals surface area contributed by atoms with Gasteiger partial charge in [-0.1, -0.05) is 36.9 Å². The first kappa shape index (κ1) is 21.4. The molecule has 0 bridgehead atoms. The lowest BCUT2D eigenvalue weighted by molar-refractivity contribution is -0.126. The molecule has 0 radical (unpaired) electrons. The molecule has 1 saturated heterocycles.